The highest BCUT2D eigenvalue weighted by Gasteiger charge is 2.06. The first-order valence-corrected chi connectivity index (χ1v) is 2.55. The lowest BCUT2D eigenvalue weighted by Gasteiger charge is -2.11. The summed E-state index contributed by atoms with van der Waals surface area (Å²) in [7, 11) is 0. The average molecular weight is 124 g/mol. The number of thiol groups is 2. The zero-order valence-corrected chi connectivity index (χ0v) is 5.05. The molecule has 4 N–H and O–H groups in total. The third-order valence-electron chi connectivity index (χ3n) is 0.253. The summed E-state index contributed by atoms with van der Waals surface area (Å²) in [5.74, 6) is 0.385. The van der Waals surface area contributed by atoms with Crippen molar-refractivity contribution in [2.75, 3.05) is 5.75 Å². The van der Waals surface area contributed by atoms with E-state index in [1.165, 1.54) is 0 Å². The molecular formula is C2H8N2S2. The van der Waals surface area contributed by atoms with E-state index in [4.69, 9.17) is 11.5 Å². The zero-order valence-electron chi connectivity index (χ0n) is 3.26. The van der Waals surface area contributed by atoms with Crippen molar-refractivity contribution in [3.05, 3.63) is 0 Å². The van der Waals surface area contributed by atoms with Crippen molar-refractivity contribution in [3.8, 4) is 0 Å². The molecule has 0 aromatic carbocycles. The van der Waals surface area contributed by atoms with Crippen molar-refractivity contribution >= 4 is 25.3 Å². The largest absolute Gasteiger partial charge is 0.304 e. The Labute approximate surface area is 48.1 Å². The lowest BCUT2D eigenvalue weighted by Crippen LogP contribution is -2.45. The van der Waals surface area contributed by atoms with Crippen LogP contribution in [0.1, 0.15) is 0 Å². The van der Waals surface area contributed by atoms with E-state index in [2.05, 4.69) is 25.3 Å². The molecule has 0 amide bonds. The van der Waals surface area contributed by atoms with E-state index in [1.807, 2.05) is 0 Å². The Morgan fingerprint density at radius 3 is 1.67 bits per heavy atom. The molecule has 0 heterocycles. The molecule has 0 aliphatic heterocycles. The first-order chi connectivity index (χ1) is 2.56. The molecule has 0 saturated heterocycles. The molecule has 0 aromatic heterocycles. The van der Waals surface area contributed by atoms with Crippen LogP contribution in [-0.2, 0) is 0 Å². The zero-order chi connectivity index (χ0) is 5.21. The first-order valence-electron chi connectivity index (χ1n) is 1.47. The molecule has 6 heavy (non-hydrogen) atoms. The lowest BCUT2D eigenvalue weighted by molar-refractivity contribution is 0.739. The Hall–Kier alpha value is 0.620. The van der Waals surface area contributed by atoms with Crippen molar-refractivity contribution in [1.29, 1.82) is 0 Å². The van der Waals surface area contributed by atoms with Gasteiger partial charge in [-0.05, 0) is 0 Å². The molecule has 0 bridgehead atoms. The minimum atomic E-state index is -0.900. The van der Waals surface area contributed by atoms with Gasteiger partial charge in [0.25, 0.3) is 0 Å². The molecule has 0 aromatic rings. The highest BCUT2D eigenvalue weighted by molar-refractivity contribution is 7.85. The first kappa shape index (κ1) is 6.62. The molecule has 0 atom stereocenters. The second-order valence-electron chi connectivity index (χ2n) is 1.15. The second kappa shape index (κ2) is 2.07. The monoisotopic (exact) mass is 124 g/mol. The van der Waals surface area contributed by atoms with Gasteiger partial charge in [-0.3, -0.25) is 0 Å². The number of nitrogens with two attached hydrogens (primary N) is 2. The van der Waals surface area contributed by atoms with Gasteiger partial charge in [-0.2, -0.15) is 12.6 Å². The van der Waals surface area contributed by atoms with Crippen molar-refractivity contribution in [3.63, 3.8) is 0 Å². The maximum atomic E-state index is 5.10. The third kappa shape index (κ3) is 4.62. The Balaban J connectivity index is 3.17. The van der Waals surface area contributed by atoms with E-state index in [0.29, 0.717) is 5.75 Å². The van der Waals surface area contributed by atoms with Gasteiger partial charge in [-0.1, -0.05) is 0 Å². The Bertz CT molecular complexity index is 39.3. The summed E-state index contributed by atoms with van der Waals surface area (Å²) >= 11 is 7.51. The summed E-state index contributed by atoms with van der Waals surface area (Å²) in [4.78, 5) is -0.900. The van der Waals surface area contributed by atoms with Crippen LogP contribution in [0, 0.1) is 0 Å². The molecule has 38 valence electrons. The van der Waals surface area contributed by atoms with Crippen LogP contribution in [0.25, 0.3) is 0 Å². The summed E-state index contributed by atoms with van der Waals surface area (Å²) in [5.41, 5.74) is 10.2. The normalized spacial score (nSPS) is 12.0. The van der Waals surface area contributed by atoms with Gasteiger partial charge in [0.05, 0.1) is 0 Å². The molecule has 0 fully saturated rings. The highest BCUT2D eigenvalue weighted by atomic mass is 32.1. The highest BCUT2D eigenvalue weighted by Crippen LogP contribution is 1.96. The number of rotatable bonds is 1. The van der Waals surface area contributed by atoms with Crippen LogP contribution in [0.15, 0.2) is 0 Å². The van der Waals surface area contributed by atoms with Gasteiger partial charge in [-0.15, -0.1) is 12.6 Å². The standard InChI is InChI=1S/C2H8N2S2/c3-2(4,6)1-5/h5-6H,1,3-4H2. The van der Waals surface area contributed by atoms with Gasteiger partial charge in [0.2, 0.25) is 0 Å². The van der Waals surface area contributed by atoms with Crippen LogP contribution in [0.3, 0.4) is 0 Å². The van der Waals surface area contributed by atoms with Gasteiger partial charge in [-0.25, -0.2) is 0 Å². The maximum absolute atomic E-state index is 5.10. The summed E-state index contributed by atoms with van der Waals surface area (Å²) in [6.07, 6.45) is 0. The van der Waals surface area contributed by atoms with Crippen molar-refractivity contribution < 1.29 is 0 Å². The number of hydrogen-bond donors (Lipinski definition) is 4. The number of hydrogen-bond acceptors (Lipinski definition) is 4. The van der Waals surface area contributed by atoms with E-state index in [1.54, 1.807) is 0 Å². The molecule has 0 spiro atoms. The summed E-state index contributed by atoms with van der Waals surface area (Å²) < 4.78 is 0. The SMILES string of the molecule is NC(N)(S)CS. The predicted octanol–water partition coefficient (Wildman–Crippen LogP) is -0.583. The topological polar surface area (TPSA) is 52.0 Å². The van der Waals surface area contributed by atoms with Crippen molar-refractivity contribution in [1.82, 2.24) is 0 Å². The second-order valence-corrected chi connectivity index (χ2v) is 2.30. The smallest absolute Gasteiger partial charge is 0.118 e. The fourth-order valence-corrected chi connectivity index (χ4v) is 0. The van der Waals surface area contributed by atoms with Crippen molar-refractivity contribution in [2.45, 2.75) is 4.99 Å². The molecule has 0 radical (unpaired) electrons. The minimum Gasteiger partial charge on any atom is -0.304 e. The van der Waals surface area contributed by atoms with E-state index in [9.17, 15) is 0 Å². The quantitative estimate of drug-likeness (QED) is 0.279. The van der Waals surface area contributed by atoms with Crippen LogP contribution < -0.4 is 11.5 Å². The van der Waals surface area contributed by atoms with E-state index >= 15 is 0 Å². The Morgan fingerprint density at radius 1 is 1.50 bits per heavy atom. The molecular weight excluding hydrogens is 116 g/mol. The van der Waals surface area contributed by atoms with E-state index in [0.717, 1.165) is 0 Å². The fourth-order valence-electron chi connectivity index (χ4n) is 0. The minimum absolute atomic E-state index is 0.385. The van der Waals surface area contributed by atoms with Gasteiger partial charge in [0, 0.05) is 5.75 Å². The van der Waals surface area contributed by atoms with Crippen LogP contribution in [0.2, 0.25) is 0 Å². The predicted molar refractivity (Wildman–Crippen MR) is 33.9 cm³/mol. The summed E-state index contributed by atoms with van der Waals surface area (Å²) in [6.45, 7) is 0. The van der Waals surface area contributed by atoms with Gasteiger partial charge < -0.3 is 11.5 Å². The van der Waals surface area contributed by atoms with Crippen LogP contribution in [0.5, 0.6) is 0 Å². The summed E-state index contributed by atoms with van der Waals surface area (Å²) in [6, 6.07) is 0. The molecule has 0 aliphatic rings. The van der Waals surface area contributed by atoms with Gasteiger partial charge in [0.15, 0.2) is 0 Å². The summed E-state index contributed by atoms with van der Waals surface area (Å²) in [5, 5.41) is 0. The van der Waals surface area contributed by atoms with E-state index in [-0.39, 0.29) is 0 Å². The molecule has 0 unspecified atom stereocenters. The maximum Gasteiger partial charge on any atom is 0.118 e. The van der Waals surface area contributed by atoms with Gasteiger partial charge in [0.1, 0.15) is 4.99 Å². The third-order valence-corrected chi connectivity index (χ3v) is 1.18. The lowest BCUT2D eigenvalue weighted by atomic mass is 10.6. The van der Waals surface area contributed by atoms with Crippen molar-refractivity contribution in [2.24, 2.45) is 11.5 Å². The molecule has 0 aliphatic carbocycles. The average Bonchev–Trinajstić information content (AvgIpc) is 1.35. The molecule has 0 rings (SSSR count). The molecule has 4 heteroatoms. The van der Waals surface area contributed by atoms with Gasteiger partial charge >= 0.3 is 0 Å². The van der Waals surface area contributed by atoms with Crippen LogP contribution >= 0.6 is 25.3 Å². The van der Waals surface area contributed by atoms with Crippen LogP contribution in [0.4, 0.5) is 0 Å². The molecule has 2 nitrogen and oxygen atoms in total. The van der Waals surface area contributed by atoms with E-state index < -0.39 is 4.99 Å². The fraction of sp³-hybridized carbons (Fsp3) is 1.00. The Morgan fingerprint density at radius 2 is 1.67 bits per heavy atom. The van der Waals surface area contributed by atoms with Crippen LogP contribution in [-0.4, -0.2) is 10.7 Å². The molecule has 0 saturated carbocycles. The Kier molecular flexibility index (Phi) is 2.28.